The first kappa shape index (κ1) is 13.0. The molecule has 1 atom stereocenters. The Kier molecular flexibility index (Phi) is 3.68. The average Bonchev–Trinajstić information content (AvgIpc) is 2.56. The number of aliphatic carboxylic acids is 1. The van der Waals surface area contributed by atoms with E-state index in [2.05, 4.69) is 10.4 Å². The lowest BCUT2D eigenvalue weighted by atomic mass is 10.1. The Morgan fingerprint density at radius 1 is 1.56 bits per heavy atom. The van der Waals surface area contributed by atoms with Crippen LogP contribution in [0.4, 0.5) is 0 Å². The molecule has 1 aliphatic heterocycles. The Balaban J connectivity index is 2.18. The molecular formula is C12H20N4O2. The van der Waals surface area contributed by atoms with E-state index >= 15 is 0 Å². The second-order valence-corrected chi connectivity index (χ2v) is 4.80. The van der Waals surface area contributed by atoms with Gasteiger partial charge in [-0.1, -0.05) is 0 Å². The third kappa shape index (κ3) is 2.39. The van der Waals surface area contributed by atoms with E-state index in [1.54, 1.807) is 0 Å². The summed E-state index contributed by atoms with van der Waals surface area (Å²) in [6.45, 7) is 6.75. The van der Waals surface area contributed by atoms with E-state index in [-0.39, 0.29) is 0 Å². The SMILES string of the molecule is Cc1nn(C)c(C)c1CN1CCNCC1C(=O)O. The Morgan fingerprint density at radius 3 is 2.83 bits per heavy atom. The van der Waals surface area contributed by atoms with Gasteiger partial charge in [0.1, 0.15) is 6.04 Å². The zero-order valence-electron chi connectivity index (χ0n) is 11.1. The molecule has 1 saturated heterocycles. The van der Waals surface area contributed by atoms with Crippen LogP contribution in [0.3, 0.4) is 0 Å². The third-order valence-corrected chi connectivity index (χ3v) is 3.66. The van der Waals surface area contributed by atoms with Crippen molar-refractivity contribution in [3.63, 3.8) is 0 Å². The van der Waals surface area contributed by atoms with Crippen molar-refractivity contribution in [2.75, 3.05) is 19.6 Å². The van der Waals surface area contributed by atoms with Crippen molar-refractivity contribution in [1.82, 2.24) is 20.0 Å². The van der Waals surface area contributed by atoms with Gasteiger partial charge in [0, 0.05) is 44.5 Å². The van der Waals surface area contributed by atoms with E-state index in [1.807, 2.05) is 30.5 Å². The van der Waals surface area contributed by atoms with Gasteiger partial charge in [0.2, 0.25) is 0 Å². The summed E-state index contributed by atoms with van der Waals surface area (Å²) in [5, 5.41) is 16.7. The van der Waals surface area contributed by atoms with Gasteiger partial charge in [0.05, 0.1) is 5.69 Å². The normalized spacial score (nSPS) is 21.2. The summed E-state index contributed by atoms with van der Waals surface area (Å²) in [6.07, 6.45) is 0. The molecule has 2 rings (SSSR count). The van der Waals surface area contributed by atoms with Gasteiger partial charge in [-0.2, -0.15) is 5.10 Å². The molecule has 0 aliphatic carbocycles. The summed E-state index contributed by atoms with van der Waals surface area (Å²) in [4.78, 5) is 13.2. The lowest BCUT2D eigenvalue weighted by molar-refractivity contribution is -0.144. The van der Waals surface area contributed by atoms with E-state index in [0.29, 0.717) is 13.1 Å². The summed E-state index contributed by atoms with van der Waals surface area (Å²) in [5.74, 6) is -0.763. The van der Waals surface area contributed by atoms with Gasteiger partial charge >= 0.3 is 5.97 Å². The number of hydrogen-bond donors (Lipinski definition) is 2. The van der Waals surface area contributed by atoms with Crippen molar-refractivity contribution in [3.8, 4) is 0 Å². The van der Waals surface area contributed by atoms with Crippen LogP contribution in [0.5, 0.6) is 0 Å². The molecule has 0 aromatic carbocycles. The van der Waals surface area contributed by atoms with Gasteiger partial charge in [-0.3, -0.25) is 14.4 Å². The molecule has 0 amide bonds. The summed E-state index contributed by atoms with van der Waals surface area (Å²) in [6, 6.07) is -0.447. The molecule has 0 bridgehead atoms. The largest absolute Gasteiger partial charge is 0.480 e. The van der Waals surface area contributed by atoms with Gasteiger partial charge in [-0.25, -0.2) is 0 Å². The molecule has 1 aromatic heterocycles. The Labute approximate surface area is 107 Å². The van der Waals surface area contributed by atoms with Crippen molar-refractivity contribution in [2.45, 2.75) is 26.4 Å². The molecule has 2 heterocycles. The molecule has 100 valence electrons. The first-order valence-corrected chi connectivity index (χ1v) is 6.17. The minimum Gasteiger partial charge on any atom is -0.480 e. The number of rotatable bonds is 3. The maximum atomic E-state index is 11.2. The van der Waals surface area contributed by atoms with Crippen molar-refractivity contribution < 1.29 is 9.90 Å². The van der Waals surface area contributed by atoms with E-state index in [1.165, 1.54) is 0 Å². The van der Waals surface area contributed by atoms with Crippen LogP contribution in [0.1, 0.15) is 17.0 Å². The zero-order valence-corrected chi connectivity index (χ0v) is 11.1. The number of carbonyl (C=O) groups is 1. The first-order chi connectivity index (χ1) is 8.50. The number of carboxylic acid groups (broad SMARTS) is 1. The highest BCUT2D eigenvalue weighted by Crippen LogP contribution is 2.17. The van der Waals surface area contributed by atoms with Crippen molar-refractivity contribution in [2.24, 2.45) is 7.05 Å². The maximum absolute atomic E-state index is 11.2. The van der Waals surface area contributed by atoms with Gasteiger partial charge < -0.3 is 10.4 Å². The van der Waals surface area contributed by atoms with Gasteiger partial charge in [0.15, 0.2) is 0 Å². The van der Waals surface area contributed by atoms with Crippen molar-refractivity contribution in [1.29, 1.82) is 0 Å². The second kappa shape index (κ2) is 5.07. The predicted molar refractivity (Wildman–Crippen MR) is 67.4 cm³/mol. The molecular weight excluding hydrogens is 232 g/mol. The quantitative estimate of drug-likeness (QED) is 0.786. The minimum absolute atomic E-state index is 0.447. The Hall–Kier alpha value is -1.40. The molecule has 0 spiro atoms. The number of carboxylic acids is 1. The fraction of sp³-hybridized carbons (Fsp3) is 0.667. The van der Waals surface area contributed by atoms with Gasteiger partial charge in [-0.15, -0.1) is 0 Å². The summed E-state index contributed by atoms with van der Waals surface area (Å²) in [5.41, 5.74) is 3.23. The zero-order chi connectivity index (χ0) is 13.3. The molecule has 0 saturated carbocycles. The van der Waals surface area contributed by atoms with E-state index in [0.717, 1.165) is 30.0 Å². The second-order valence-electron chi connectivity index (χ2n) is 4.80. The fourth-order valence-corrected chi connectivity index (χ4v) is 2.43. The molecule has 6 heteroatoms. The molecule has 6 nitrogen and oxygen atoms in total. The maximum Gasteiger partial charge on any atom is 0.322 e. The van der Waals surface area contributed by atoms with Crippen LogP contribution in [0, 0.1) is 13.8 Å². The highest BCUT2D eigenvalue weighted by Gasteiger charge is 2.29. The topological polar surface area (TPSA) is 70.4 Å². The van der Waals surface area contributed by atoms with Gasteiger partial charge in [0.25, 0.3) is 0 Å². The van der Waals surface area contributed by atoms with Crippen LogP contribution < -0.4 is 5.32 Å². The average molecular weight is 252 g/mol. The van der Waals surface area contributed by atoms with Crippen LogP contribution in [-0.4, -0.2) is 51.4 Å². The number of aryl methyl sites for hydroxylation is 2. The Bertz CT molecular complexity index is 455. The number of nitrogens with one attached hydrogen (secondary N) is 1. The summed E-state index contributed by atoms with van der Waals surface area (Å²) >= 11 is 0. The van der Waals surface area contributed by atoms with Crippen LogP contribution in [0.25, 0.3) is 0 Å². The first-order valence-electron chi connectivity index (χ1n) is 6.17. The smallest absolute Gasteiger partial charge is 0.322 e. The number of piperazine rings is 1. The third-order valence-electron chi connectivity index (χ3n) is 3.66. The van der Waals surface area contributed by atoms with E-state index in [9.17, 15) is 9.90 Å². The van der Waals surface area contributed by atoms with Crippen LogP contribution in [0.15, 0.2) is 0 Å². The Morgan fingerprint density at radius 2 is 2.28 bits per heavy atom. The minimum atomic E-state index is -0.763. The molecule has 0 radical (unpaired) electrons. The standard InChI is InChI=1S/C12H20N4O2/c1-8-10(9(2)15(3)14-8)7-16-5-4-13-6-11(16)12(17)18/h11,13H,4-7H2,1-3H3,(H,17,18). The van der Waals surface area contributed by atoms with Crippen molar-refractivity contribution in [3.05, 3.63) is 17.0 Å². The number of aromatic nitrogens is 2. The molecule has 1 fully saturated rings. The monoisotopic (exact) mass is 252 g/mol. The number of nitrogens with zero attached hydrogens (tertiary/aromatic N) is 3. The predicted octanol–water partition coefficient (Wildman–Crippen LogP) is -0.105. The fourth-order valence-electron chi connectivity index (χ4n) is 2.43. The summed E-state index contributed by atoms with van der Waals surface area (Å²) < 4.78 is 1.85. The van der Waals surface area contributed by atoms with E-state index < -0.39 is 12.0 Å². The summed E-state index contributed by atoms with van der Waals surface area (Å²) in [7, 11) is 1.91. The lowest BCUT2D eigenvalue weighted by Gasteiger charge is -2.33. The van der Waals surface area contributed by atoms with E-state index in [4.69, 9.17) is 0 Å². The van der Waals surface area contributed by atoms with Crippen molar-refractivity contribution >= 4 is 5.97 Å². The number of hydrogen-bond acceptors (Lipinski definition) is 4. The van der Waals surface area contributed by atoms with Crippen LogP contribution in [-0.2, 0) is 18.4 Å². The molecule has 2 N–H and O–H groups in total. The molecule has 1 unspecified atom stereocenters. The lowest BCUT2D eigenvalue weighted by Crippen LogP contribution is -2.54. The molecule has 1 aromatic rings. The molecule has 1 aliphatic rings. The van der Waals surface area contributed by atoms with Gasteiger partial charge in [-0.05, 0) is 13.8 Å². The molecule has 18 heavy (non-hydrogen) atoms. The highest BCUT2D eigenvalue weighted by atomic mass is 16.4. The van der Waals surface area contributed by atoms with Crippen LogP contribution >= 0.6 is 0 Å². The highest BCUT2D eigenvalue weighted by molar-refractivity contribution is 5.74. The van der Waals surface area contributed by atoms with Crippen LogP contribution in [0.2, 0.25) is 0 Å².